The Morgan fingerprint density at radius 2 is 2.16 bits per heavy atom. The van der Waals surface area contributed by atoms with Gasteiger partial charge >= 0.3 is 0 Å². The third-order valence-electron chi connectivity index (χ3n) is 4.51. The molecule has 0 fully saturated rings. The molecule has 7 nitrogen and oxygen atoms in total. The number of carbonyl (C=O) groups excluding carboxylic acids is 1. The summed E-state index contributed by atoms with van der Waals surface area (Å²) >= 11 is 0. The molecule has 2 aromatic rings. The molecule has 4 rings (SSSR count). The minimum Gasteiger partial charge on any atom is -0.454 e. The van der Waals surface area contributed by atoms with Crippen molar-refractivity contribution in [2.45, 2.75) is 32.5 Å². The van der Waals surface area contributed by atoms with Crippen molar-refractivity contribution < 1.29 is 19.0 Å². The van der Waals surface area contributed by atoms with E-state index in [0.29, 0.717) is 38.4 Å². The number of fused-ring (bicyclic) bond motifs is 2. The van der Waals surface area contributed by atoms with Crippen LogP contribution in [0.15, 0.2) is 30.5 Å². The first-order valence-electron chi connectivity index (χ1n) is 8.51. The summed E-state index contributed by atoms with van der Waals surface area (Å²) in [4.78, 5) is 14.7. The summed E-state index contributed by atoms with van der Waals surface area (Å²) in [5, 5.41) is 4.33. The Hall–Kier alpha value is -2.54. The SMILES string of the molecule is CCOC1CN(C(=O)Cc2ccc3c(c2)OCO3)Cc2ccnn2C1. The van der Waals surface area contributed by atoms with E-state index in [9.17, 15) is 4.79 Å². The van der Waals surface area contributed by atoms with Gasteiger partial charge in [-0.05, 0) is 30.7 Å². The molecule has 25 heavy (non-hydrogen) atoms. The summed E-state index contributed by atoms with van der Waals surface area (Å²) in [7, 11) is 0. The molecule has 7 heteroatoms. The zero-order valence-electron chi connectivity index (χ0n) is 14.2. The van der Waals surface area contributed by atoms with Gasteiger partial charge in [0.25, 0.3) is 0 Å². The molecule has 0 saturated carbocycles. The normalized spacial score (nSPS) is 18.8. The third-order valence-corrected chi connectivity index (χ3v) is 4.51. The summed E-state index contributed by atoms with van der Waals surface area (Å²) in [6, 6.07) is 7.59. The average Bonchev–Trinajstić information content (AvgIpc) is 3.20. The monoisotopic (exact) mass is 343 g/mol. The van der Waals surface area contributed by atoms with Crippen LogP contribution in [0.5, 0.6) is 11.5 Å². The lowest BCUT2D eigenvalue weighted by molar-refractivity contribution is -0.133. The van der Waals surface area contributed by atoms with Crippen molar-refractivity contribution in [3.8, 4) is 11.5 Å². The Balaban J connectivity index is 1.50. The molecule has 1 unspecified atom stereocenters. The van der Waals surface area contributed by atoms with Gasteiger partial charge in [-0.2, -0.15) is 5.10 Å². The van der Waals surface area contributed by atoms with E-state index in [1.165, 1.54) is 0 Å². The molecule has 1 amide bonds. The van der Waals surface area contributed by atoms with E-state index in [1.807, 2.05) is 40.8 Å². The first-order valence-corrected chi connectivity index (χ1v) is 8.51. The zero-order chi connectivity index (χ0) is 17.2. The second-order valence-electron chi connectivity index (χ2n) is 6.22. The Kier molecular flexibility index (Phi) is 4.31. The van der Waals surface area contributed by atoms with Gasteiger partial charge in [0.1, 0.15) is 0 Å². The standard InChI is InChI=1S/C18H21N3O4/c1-2-23-15-10-20(9-14-5-6-19-21(14)11-15)18(22)8-13-3-4-16-17(7-13)25-12-24-16/h3-7,15H,2,8-12H2,1H3. The number of nitrogens with zero attached hydrogens (tertiary/aromatic N) is 3. The largest absolute Gasteiger partial charge is 0.454 e. The van der Waals surface area contributed by atoms with Crippen molar-refractivity contribution >= 4 is 5.91 Å². The van der Waals surface area contributed by atoms with E-state index in [2.05, 4.69) is 5.10 Å². The van der Waals surface area contributed by atoms with Gasteiger partial charge in [0.05, 0.1) is 31.3 Å². The molecule has 0 spiro atoms. The highest BCUT2D eigenvalue weighted by molar-refractivity contribution is 5.79. The average molecular weight is 343 g/mol. The summed E-state index contributed by atoms with van der Waals surface area (Å²) in [5.41, 5.74) is 1.95. The summed E-state index contributed by atoms with van der Waals surface area (Å²) in [6.45, 7) is 4.61. The molecule has 0 radical (unpaired) electrons. The predicted octanol–water partition coefficient (Wildman–Crippen LogP) is 1.60. The van der Waals surface area contributed by atoms with Gasteiger partial charge < -0.3 is 19.1 Å². The fraction of sp³-hybridized carbons (Fsp3) is 0.444. The van der Waals surface area contributed by atoms with Crippen molar-refractivity contribution in [1.82, 2.24) is 14.7 Å². The third kappa shape index (κ3) is 3.32. The lowest BCUT2D eigenvalue weighted by Crippen LogP contribution is -2.38. The molecule has 0 bridgehead atoms. The number of hydrogen-bond acceptors (Lipinski definition) is 5. The van der Waals surface area contributed by atoms with Gasteiger partial charge in [-0.25, -0.2) is 0 Å². The van der Waals surface area contributed by atoms with Crippen LogP contribution in [0, 0.1) is 0 Å². The molecule has 3 heterocycles. The Bertz CT molecular complexity index is 773. The van der Waals surface area contributed by atoms with Crippen LogP contribution in [-0.2, 0) is 29.0 Å². The van der Waals surface area contributed by atoms with Gasteiger partial charge in [-0.15, -0.1) is 0 Å². The number of hydrogen-bond donors (Lipinski definition) is 0. The molecule has 132 valence electrons. The highest BCUT2D eigenvalue weighted by atomic mass is 16.7. The van der Waals surface area contributed by atoms with Crippen LogP contribution in [0.1, 0.15) is 18.2 Å². The number of rotatable bonds is 4. The highest BCUT2D eigenvalue weighted by Crippen LogP contribution is 2.32. The van der Waals surface area contributed by atoms with Gasteiger partial charge in [0, 0.05) is 19.3 Å². The molecule has 0 N–H and O–H groups in total. The van der Waals surface area contributed by atoms with Gasteiger partial charge in [-0.1, -0.05) is 6.07 Å². The predicted molar refractivity (Wildman–Crippen MR) is 89.3 cm³/mol. The summed E-state index contributed by atoms with van der Waals surface area (Å²) in [5.74, 6) is 1.50. The quantitative estimate of drug-likeness (QED) is 0.844. The van der Waals surface area contributed by atoms with E-state index in [4.69, 9.17) is 14.2 Å². The Labute approximate surface area is 146 Å². The van der Waals surface area contributed by atoms with Crippen LogP contribution in [0.25, 0.3) is 0 Å². The molecule has 2 aliphatic rings. The maximum Gasteiger partial charge on any atom is 0.231 e. The highest BCUT2D eigenvalue weighted by Gasteiger charge is 2.26. The molecule has 1 atom stereocenters. The minimum absolute atomic E-state index is 0.0492. The lowest BCUT2D eigenvalue weighted by Gasteiger charge is -2.24. The Morgan fingerprint density at radius 1 is 1.28 bits per heavy atom. The van der Waals surface area contributed by atoms with Crippen molar-refractivity contribution in [1.29, 1.82) is 0 Å². The molecule has 0 saturated heterocycles. The maximum atomic E-state index is 12.9. The molecular weight excluding hydrogens is 322 g/mol. The van der Waals surface area contributed by atoms with Crippen LogP contribution < -0.4 is 9.47 Å². The van der Waals surface area contributed by atoms with Crippen molar-refractivity contribution in [3.05, 3.63) is 41.7 Å². The van der Waals surface area contributed by atoms with Crippen LogP contribution in [0.4, 0.5) is 0 Å². The number of ether oxygens (including phenoxy) is 3. The zero-order valence-corrected chi connectivity index (χ0v) is 14.2. The first kappa shape index (κ1) is 16.0. The van der Waals surface area contributed by atoms with Crippen molar-refractivity contribution in [2.75, 3.05) is 19.9 Å². The fourth-order valence-corrected chi connectivity index (χ4v) is 3.28. The van der Waals surface area contributed by atoms with Crippen molar-refractivity contribution in [2.24, 2.45) is 0 Å². The molecule has 1 aromatic carbocycles. The Morgan fingerprint density at radius 3 is 3.04 bits per heavy atom. The smallest absolute Gasteiger partial charge is 0.231 e. The number of amides is 1. The van der Waals surface area contributed by atoms with Crippen LogP contribution in [0.2, 0.25) is 0 Å². The molecule has 1 aromatic heterocycles. The van der Waals surface area contributed by atoms with Crippen molar-refractivity contribution in [3.63, 3.8) is 0 Å². The van der Waals surface area contributed by atoms with E-state index >= 15 is 0 Å². The van der Waals surface area contributed by atoms with Gasteiger partial charge in [-0.3, -0.25) is 9.48 Å². The molecular formula is C18H21N3O4. The fourth-order valence-electron chi connectivity index (χ4n) is 3.28. The van der Waals surface area contributed by atoms with Gasteiger partial charge in [0.2, 0.25) is 12.7 Å². The van der Waals surface area contributed by atoms with Crippen LogP contribution in [0.3, 0.4) is 0 Å². The van der Waals surface area contributed by atoms with E-state index in [0.717, 1.165) is 17.0 Å². The number of benzene rings is 1. The minimum atomic E-state index is -0.0492. The van der Waals surface area contributed by atoms with Crippen LogP contribution >= 0.6 is 0 Å². The molecule has 0 aliphatic carbocycles. The maximum absolute atomic E-state index is 12.9. The first-order chi connectivity index (χ1) is 12.2. The summed E-state index contributed by atoms with van der Waals surface area (Å²) in [6.07, 6.45) is 2.04. The van der Waals surface area contributed by atoms with E-state index in [1.54, 1.807) is 6.20 Å². The van der Waals surface area contributed by atoms with Crippen LogP contribution in [-0.4, -0.2) is 46.6 Å². The topological polar surface area (TPSA) is 65.8 Å². The lowest BCUT2D eigenvalue weighted by atomic mass is 10.1. The molecule has 2 aliphatic heterocycles. The van der Waals surface area contributed by atoms with E-state index in [-0.39, 0.29) is 18.8 Å². The number of carbonyl (C=O) groups is 1. The second-order valence-corrected chi connectivity index (χ2v) is 6.22. The van der Waals surface area contributed by atoms with E-state index < -0.39 is 0 Å². The van der Waals surface area contributed by atoms with Gasteiger partial charge in [0.15, 0.2) is 11.5 Å². The second kappa shape index (κ2) is 6.76. The summed E-state index contributed by atoms with van der Waals surface area (Å²) < 4.78 is 18.4. The number of aromatic nitrogens is 2.